The third-order valence-electron chi connectivity index (χ3n) is 14.7. The summed E-state index contributed by atoms with van der Waals surface area (Å²) in [5, 5.41) is 53.5. The number of aromatic hydroxyl groups is 1. The van der Waals surface area contributed by atoms with E-state index in [1.807, 2.05) is 6.92 Å². The minimum absolute atomic E-state index is 0.00210. The van der Waals surface area contributed by atoms with Crippen molar-refractivity contribution < 1.29 is 44.1 Å². The Kier molecular flexibility index (Phi) is 18.0. The Morgan fingerprint density at radius 1 is 0.663 bits per heavy atom. The standard InChI is InChI=1S/C58H55N13O9S6/c1-27(43(74)21-71-16-6-7-17-71)45-58-68-41(26-85-58)56-64-37(22-83-56)47-32(14-15-34(61-47)55-65-38(23-84-55)49(60)77)53-66-40(24-81-53)52(80)63-36(20-44(59)75)57-70-46(28(2)86-57)42(73)19-33(48(76)30-8-4-3-5-9-30)54-67-39(25-82-54)51(79)62-35(50(78)69-45)18-29-10-12-31(72)13-11-29/h3-5,8-15,22-27,33,35-36,43,45,48,72,74,76H,6-7,16-21H2,1-2H3,(H2,59,75)(H2,60,77)(H,62,79)(H,63,80)(H,69,78)/t27-,33-,35-,36-,43-,45-,48+/m0/s1. The lowest BCUT2D eigenvalue weighted by Gasteiger charge is -2.31. The maximum atomic E-state index is 15.1. The molecule has 0 radical (unpaired) electrons. The van der Waals surface area contributed by atoms with Gasteiger partial charge in [0.25, 0.3) is 17.7 Å². The van der Waals surface area contributed by atoms with Crippen LogP contribution in [0.1, 0.15) is 130 Å². The van der Waals surface area contributed by atoms with Crippen molar-refractivity contribution in [3.05, 3.63) is 147 Å². The number of rotatable bonds is 12. The van der Waals surface area contributed by atoms with Crippen LogP contribution in [0, 0.1) is 12.8 Å². The molecule has 22 nitrogen and oxygen atoms in total. The molecule has 0 saturated carbocycles. The van der Waals surface area contributed by atoms with E-state index in [-0.39, 0.29) is 57.8 Å². The van der Waals surface area contributed by atoms with Gasteiger partial charge in [0.15, 0.2) is 5.78 Å². The van der Waals surface area contributed by atoms with Crippen LogP contribution < -0.4 is 27.4 Å². The van der Waals surface area contributed by atoms with E-state index in [1.165, 1.54) is 56.9 Å². The number of aliphatic hydroxyl groups excluding tert-OH is 2. The summed E-state index contributed by atoms with van der Waals surface area (Å²) in [6.45, 7) is 5.49. The fourth-order valence-electron chi connectivity index (χ4n) is 10.1. The zero-order valence-electron chi connectivity index (χ0n) is 45.9. The van der Waals surface area contributed by atoms with Gasteiger partial charge >= 0.3 is 0 Å². The monoisotopic (exact) mass is 1270 g/mol. The average molecular weight is 1270 g/mol. The number of hydrogen-bond donors (Lipinski definition) is 8. The highest BCUT2D eigenvalue weighted by Crippen LogP contribution is 2.41. The number of amides is 5. The number of phenols is 1. The smallest absolute Gasteiger partial charge is 0.271 e. The van der Waals surface area contributed by atoms with E-state index in [0.29, 0.717) is 70.9 Å². The molecule has 1 fully saturated rings. The molecule has 10 bridgehead atoms. The molecule has 442 valence electrons. The lowest BCUT2D eigenvalue weighted by molar-refractivity contribution is -0.124. The molecule has 9 aromatic rings. The summed E-state index contributed by atoms with van der Waals surface area (Å²) in [5.74, 6) is -5.60. The number of aliphatic hydroxyl groups is 2. The molecule has 10 N–H and O–H groups in total. The van der Waals surface area contributed by atoms with Gasteiger partial charge in [-0.15, -0.1) is 68.0 Å². The first kappa shape index (κ1) is 59.8. The van der Waals surface area contributed by atoms with Crippen LogP contribution in [0.15, 0.2) is 93.6 Å². The number of ketones is 1. The SMILES string of the molecule is Cc1sc2nc1C(=O)C[C@@H]([C@H](O)c1ccccc1)c1nc(cs1)C(=O)N[C@@H](Cc1ccc(O)cc1)C(=O)N[C@@H]([C@@H](C)[C@@H](O)CN1CCCC1)c1nc(cs1)-c1nc(cs1)-c1nc(-c3nc(C(N)=O)cs3)ccc1-c1nc(cs1)C(=O)N[C@H]2CC(N)=O. The van der Waals surface area contributed by atoms with Gasteiger partial charge in [0.05, 0.1) is 41.4 Å². The minimum Gasteiger partial charge on any atom is -0.508 e. The molecule has 86 heavy (non-hydrogen) atoms. The molecule has 0 unspecified atom stereocenters. The summed E-state index contributed by atoms with van der Waals surface area (Å²) < 4.78 is 0. The summed E-state index contributed by atoms with van der Waals surface area (Å²) in [6, 6.07) is 15.1. The highest BCUT2D eigenvalue weighted by atomic mass is 32.1. The van der Waals surface area contributed by atoms with Crippen molar-refractivity contribution in [3.8, 4) is 49.1 Å². The van der Waals surface area contributed by atoms with Gasteiger partial charge in [-0.1, -0.05) is 49.4 Å². The molecule has 0 aliphatic carbocycles. The van der Waals surface area contributed by atoms with Crippen molar-refractivity contribution >= 4 is 103 Å². The highest BCUT2D eigenvalue weighted by molar-refractivity contribution is 7.15. The molecule has 7 aromatic heterocycles. The van der Waals surface area contributed by atoms with Crippen molar-refractivity contribution in [2.75, 3.05) is 19.6 Å². The molecule has 0 spiro atoms. The molecule has 2 aliphatic rings. The van der Waals surface area contributed by atoms with E-state index in [2.05, 4.69) is 30.8 Å². The van der Waals surface area contributed by atoms with Crippen LogP contribution in [0.5, 0.6) is 5.75 Å². The highest BCUT2D eigenvalue weighted by Gasteiger charge is 2.36. The number of primary amides is 2. The molecular formula is C58H55N13O9S6. The van der Waals surface area contributed by atoms with Crippen LogP contribution in [0.4, 0.5) is 0 Å². The van der Waals surface area contributed by atoms with Crippen LogP contribution in [0.2, 0.25) is 0 Å². The second-order valence-corrected chi connectivity index (χ2v) is 26.4. The third kappa shape index (κ3) is 13.4. The number of fused-ring (bicyclic) bond motifs is 14. The molecule has 28 heteroatoms. The van der Waals surface area contributed by atoms with Crippen LogP contribution in [-0.4, -0.2) is 122 Å². The molecule has 5 amide bonds. The number of nitrogens with zero attached hydrogens (tertiary/aromatic N) is 8. The number of β-amino-alcohol motifs (C(OH)–C–C–N with tert-alkyl or cyclic N) is 1. The number of nitrogens with one attached hydrogen (secondary N) is 3. The Morgan fingerprint density at radius 3 is 2.03 bits per heavy atom. The fourth-order valence-corrected chi connectivity index (χ4v) is 15.4. The van der Waals surface area contributed by atoms with Crippen molar-refractivity contribution in [1.29, 1.82) is 0 Å². The first-order chi connectivity index (χ1) is 41.4. The van der Waals surface area contributed by atoms with Crippen LogP contribution in [0.3, 0.4) is 0 Å². The second kappa shape index (κ2) is 26.0. The van der Waals surface area contributed by atoms with Crippen LogP contribution in [0.25, 0.3) is 43.4 Å². The van der Waals surface area contributed by atoms with Crippen molar-refractivity contribution in [2.24, 2.45) is 17.4 Å². The Morgan fingerprint density at radius 2 is 1.30 bits per heavy atom. The summed E-state index contributed by atoms with van der Waals surface area (Å²) in [7, 11) is 0. The van der Waals surface area contributed by atoms with Crippen LogP contribution >= 0.6 is 68.0 Å². The quantitative estimate of drug-likeness (QED) is 0.0582. The number of nitrogens with two attached hydrogens (primary N) is 2. The molecule has 9 heterocycles. The molecule has 11 rings (SSSR count). The number of benzene rings is 2. The number of hydrogen-bond acceptors (Lipinski definition) is 23. The number of carbonyl (C=O) groups is 6. The maximum Gasteiger partial charge on any atom is 0.271 e. The molecule has 2 aromatic carbocycles. The van der Waals surface area contributed by atoms with Gasteiger partial charge in [0.1, 0.15) is 76.7 Å². The van der Waals surface area contributed by atoms with E-state index in [4.69, 9.17) is 36.4 Å². The predicted molar refractivity (Wildman–Crippen MR) is 328 cm³/mol. The van der Waals surface area contributed by atoms with Gasteiger partial charge < -0.3 is 47.6 Å². The average Bonchev–Trinajstić information content (AvgIpc) is 3.59. The number of aryl methyl sites for hydroxylation is 1. The first-order valence-corrected chi connectivity index (χ1v) is 32.4. The van der Waals surface area contributed by atoms with E-state index in [1.54, 1.807) is 77.7 Å². The summed E-state index contributed by atoms with van der Waals surface area (Å²) in [6.07, 6.45) is -0.984. The summed E-state index contributed by atoms with van der Waals surface area (Å²) >= 11 is 6.99. The van der Waals surface area contributed by atoms with Crippen molar-refractivity contribution in [2.45, 2.75) is 82.2 Å². The first-order valence-electron chi connectivity index (χ1n) is 27.1. The normalized spacial score (nSPS) is 19.0. The molecule has 1 saturated heterocycles. The van der Waals surface area contributed by atoms with Gasteiger partial charge in [-0.25, -0.2) is 34.9 Å². The van der Waals surface area contributed by atoms with Gasteiger partial charge in [0, 0.05) is 68.6 Å². The number of thiazole rings is 6. The van der Waals surface area contributed by atoms with E-state index >= 15 is 4.79 Å². The lowest BCUT2D eigenvalue weighted by atomic mass is 9.90. The Labute approximate surface area is 515 Å². The maximum absolute atomic E-state index is 15.1. The Balaban J connectivity index is 1.02. The van der Waals surface area contributed by atoms with Gasteiger partial charge in [0.2, 0.25) is 11.8 Å². The zero-order valence-corrected chi connectivity index (χ0v) is 50.8. The number of Topliss-reactive ketones (excluding diaryl/α,β-unsaturated/α-hetero) is 1. The number of carbonyl (C=O) groups excluding carboxylic acids is 6. The van der Waals surface area contributed by atoms with E-state index in [0.717, 1.165) is 59.9 Å². The second-order valence-electron chi connectivity index (χ2n) is 20.8. The third-order valence-corrected chi connectivity index (χ3v) is 20.3. The fraction of sp³-hybridized carbons (Fsp3) is 0.293. The van der Waals surface area contributed by atoms with Gasteiger partial charge in [-0.3, -0.25) is 28.8 Å². The molecular weight excluding hydrogens is 1220 g/mol. The Hall–Kier alpha value is -7.93. The van der Waals surface area contributed by atoms with Gasteiger partial charge in [-0.2, -0.15) is 0 Å². The minimum atomic E-state index is -1.30. The number of phenolic OH excluding ortho intramolecular Hbond substituents is 1. The Bertz CT molecular complexity index is 3980. The van der Waals surface area contributed by atoms with E-state index in [9.17, 15) is 39.3 Å². The molecule has 2 aliphatic heterocycles. The number of pyridine rings is 1. The molecule has 7 atom stereocenters. The topological polar surface area (TPSA) is 345 Å². The van der Waals surface area contributed by atoms with Gasteiger partial charge in [-0.05, 0) is 68.2 Å². The largest absolute Gasteiger partial charge is 0.508 e. The predicted octanol–water partition coefficient (Wildman–Crippen LogP) is 7.64. The zero-order chi connectivity index (χ0) is 60.3. The number of likely N-dealkylation sites (tertiary alicyclic amines) is 1. The number of aromatic nitrogens is 7. The lowest BCUT2D eigenvalue weighted by Crippen LogP contribution is -2.51. The van der Waals surface area contributed by atoms with Crippen LogP contribution in [-0.2, 0) is 16.0 Å². The summed E-state index contributed by atoms with van der Waals surface area (Å²) in [4.78, 5) is 120. The van der Waals surface area contributed by atoms with Crippen molar-refractivity contribution in [3.63, 3.8) is 0 Å². The van der Waals surface area contributed by atoms with Crippen molar-refractivity contribution in [1.82, 2.24) is 55.7 Å². The van der Waals surface area contributed by atoms with E-state index < -0.39 is 77.5 Å². The summed E-state index contributed by atoms with van der Waals surface area (Å²) in [5.41, 5.74) is 14.5.